The molecule has 44 atom stereocenters. The van der Waals surface area contributed by atoms with Crippen LogP contribution in [0.2, 0.25) is 0 Å². The number of aliphatic hydroxyl groups is 24. The van der Waals surface area contributed by atoms with Crippen molar-refractivity contribution >= 4 is 23.6 Å². The molecule has 48 nitrogen and oxygen atoms in total. The Balaban J connectivity index is 1.12. The summed E-state index contributed by atoms with van der Waals surface area (Å²) in [4.78, 5) is 51.2. The molecule has 0 aromatic carbocycles. The smallest absolute Gasteiger partial charge is 0.217 e. The van der Waals surface area contributed by atoms with Gasteiger partial charge in [-0.25, -0.2) is 0 Å². The summed E-state index contributed by atoms with van der Waals surface area (Å²) in [6.07, 6.45) is -80.1. The zero-order valence-electron chi connectivity index (χ0n) is 60.0. The molecule has 8 aliphatic rings. The van der Waals surface area contributed by atoms with Crippen molar-refractivity contribution in [3.05, 3.63) is 0 Å². The Morgan fingerprint density at radius 1 is 0.336 bits per heavy atom. The Morgan fingerprint density at radius 2 is 0.700 bits per heavy atom. The first-order valence-electron chi connectivity index (χ1n) is 35.3. The topological polar surface area (TPSA) is 750 Å². The van der Waals surface area contributed by atoms with Crippen LogP contribution >= 0.6 is 0 Å². The third-order valence-corrected chi connectivity index (χ3v) is 19.9. The molecule has 638 valence electrons. The number of rotatable bonds is 31. The second-order valence-corrected chi connectivity index (χ2v) is 27.9. The molecular weight excluding hydrogens is 1500 g/mol. The van der Waals surface area contributed by atoms with E-state index >= 15 is 0 Å². The van der Waals surface area contributed by atoms with E-state index in [0.29, 0.717) is 0 Å². The minimum atomic E-state index is -2.56. The highest BCUT2D eigenvalue weighted by atomic mass is 16.8. The highest BCUT2D eigenvalue weighted by molar-refractivity contribution is 5.74. The number of aliphatic hydroxyl groups excluding tert-OH is 24. The van der Waals surface area contributed by atoms with Crippen molar-refractivity contribution in [2.24, 2.45) is 0 Å². The molecule has 8 rings (SSSR count). The first-order chi connectivity index (χ1) is 51.9. The van der Waals surface area contributed by atoms with Crippen molar-refractivity contribution in [2.45, 2.75) is 311 Å². The molecule has 110 heavy (non-hydrogen) atoms. The van der Waals surface area contributed by atoms with Gasteiger partial charge in [-0.2, -0.15) is 0 Å². The Bertz CT molecular complexity index is 2880. The van der Waals surface area contributed by atoms with Gasteiger partial charge in [0, 0.05) is 27.7 Å². The van der Waals surface area contributed by atoms with Gasteiger partial charge in [-0.15, -0.1) is 0 Å². The predicted octanol–water partition coefficient (Wildman–Crippen LogP) is -18.4. The summed E-state index contributed by atoms with van der Waals surface area (Å²) in [7, 11) is 0. The fourth-order valence-corrected chi connectivity index (χ4v) is 13.8. The first-order valence-corrected chi connectivity index (χ1v) is 35.3. The van der Waals surface area contributed by atoms with Gasteiger partial charge in [-0.1, -0.05) is 0 Å². The van der Waals surface area contributed by atoms with Gasteiger partial charge in [-0.05, 0) is 13.8 Å². The van der Waals surface area contributed by atoms with Crippen LogP contribution in [0.15, 0.2) is 0 Å². The maximum absolute atomic E-state index is 13.2. The monoisotopic (exact) mass is 1610 g/mol. The highest BCUT2D eigenvalue weighted by Gasteiger charge is 2.60. The zero-order chi connectivity index (χ0) is 81.5. The molecule has 0 bridgehead atoms. The van der Waals surface area contributed by atoms with Gasteiger partial charge in [-0.3, -0.25) is 19.2 Å². The van der Waals surface area contributed by atoms with Crippen LogP contribution in [0, 0.1) is 0 Å². The Labute approximate surface area is 625 Å². The van der Waals surface area contributed by atoms with Crippen molar-refractivity contribution in [1.29, 1.82) is 0 Å². The SMILES string of the molecule is CC(=O)N[C@H]1[C@H](OC[C@H]2O[C@@H](O[C@@H]([C@@H](O)[C@H](O)CO[C@@H]3O[C@H](CO)[C@@H](O)[C@H](O)[C@H]3NC(C)=O)[C@H](CO)NC(C)=O)[C@H](O)[C@@H](O[C@@H]3O[C@H](CO)[C@@H](O[C@@H]4O[C@H](CO)[C@H](O)[C@H](O)[C@H]4O[C@@H]4O[C@@H](C)[C@@H](O)[C@@H](O)[C@@H]4O)[C@H](O)[C@H]3NC(C)=O)[C@H]2O)O[C@H](CO)[C@@H](O[C@@H]2O[C@H](CO)[C@H](O)[C@H](O)[C@H]2O[C@@H]2O[C@@H](C)[C@@H](O)[C@@H](O)[C@@H]2O)[C@@H]1O. The summed E-state index contributed by atoms with van der Waals surface area (Å²) in [5.41, 5.74) is 0. The summed E-state index contributed by atoms with van der Waals surface area (Å²) in [5, 5.41) is 275. The van der Waals surface area contributed by atoms with E-state index in [1.165, 1.54) is 13.8 Å². The van der Waals surface area contributed by atoms with Crippen LogP contribution in [0.3, 0.4) is 0 Å². The van der Waals surface area contributed by atoms with Crippen molar-refractivity contribution in [2.75, 3.05) is 52.9 Å². The van der Waals surface area contributed by atoms with Gasteiger partial charge in [0.25, 0.3) is 0 Å². The summed E-state index contributed by atoms with van der Waals surface area (Å²) >= 11 is 0. The van der Waals surface area contributed by atoms with Crippen LogP contribution in [-0.4, -0.2) is 469 Å². The third kappa shape index (κ3) is 21.0. The van der Waals surface area contributed by atoms with E-state index < -0.39 is 346 Å². The highest BCUT2D eigenvalue weighted by Crippen LogP contribution is 2.39. The van der Waals surface area contributed by atoms with Crippen LogP contribution in [0.5, 0.6) is 0 Å². The Hall–Kier alpha value is -3.72. The number of nitrogens with one attached hydrogen (secondary N) is 4. The van der Waals surface area contributed by atoms with E-state index in [0.717, 1.165) is 27.7 Å². The minimum Gasteiger partial charge on any atom is -0.394 e. The minimum absolute atomic E-state index is 0.795. The second-order valence-electron chi connectivity index (χ2n) is 27.9. The van der Waals surface area contributed by atoms with Crippen molar-refractivity contribution in [3.8, 4) is 0 Å². The van der Waals surface area contributed by atoms with Crippen molar-refractivity contribution < 1.29 is 218 Å². The molecule has 8 heterocycles. The van der Waals surface area contributed by atoms with Crippen LogP contribution in [0.1, 0.15) is 41.5 Å². The lowest BCUT2D eigenvalue weighted by Gasteiger charge is -2.50. The van der Waals surface area contributed by atoms with Gasteiger partial charge in [0.1, 0.15) is 201 Å². The Kier molecular flexibility index (Phi) is 33.7. The number of carbonyl (C=O) groups is 4. The van der Waals surface area contributed by atoms with Gasteiger partial charge in [0.2, 0.25) is 23.6 Å². The van der Waals surface area contributed by atoms with Crippen LogP contribution in [0.25, 0.3) is 0 Å². The van der Waals surface area contributed by atoms with E-state index in [9.17, 15) is 142 Å². The largest absolute Gasteiger partial charge is 0.394 e. The lowest BCUT2D eigenvalue weighted by atomic mass is 9.94. The fourth-order valence-electron chi connectivity index (χ4n) is 13.8. The summed E-state index contributed by atoms with van der Waals surface area (Å²) in [5.74, 6) is -3.68. The maximum atomic E-state index is 13.2. The molecule has 8 fully saturated rings. The van der Waals surface area contributed by atoms with Crippen molar-refractivity contribution in [3.63, 3.8) is 0 Å². The third-order valence-electron chi connectivity index (χ3n) is 19.9. The first kappa shape index (κ1) is 91.8. The molecule has 4 amide bonds. The average molecular weight is 1610 g/mol. The molecule has 48 heteroatoms. The number of hydrogen-bond acceptors (Lipinski definition) is 44. The standard InChI is InChI=1S/C62H106N4O44/c1-15-32(78)42(88)46(92)58(97-15)109-53-44(90)36(82)24(9-69)100-61(53)106-50-26(11-71)102-56(30(40(50)86)65-19(5)75)96-14-28-38(84)52(48(94)60(104-28)105-49(21(7-67)63-17(3)73)34(80)22(77)13-95-55-29(64-18(4)74)39(85)35(81)23(8-68)99-55)108-57-31(66-20(6)76)41(87)51(27(12-72)103-57)107-62-54(45(91)37(83)25(10-70)101-62)110-59-47(93)43(89)33(79)16(2)98-59/h15-16,21-62,67-72,77-94H,7-14H2,1-6H3,(H,63,73)(H,64,74)(H,65,75)(H,66,76)/t15-,16-,21-,22+,23+,24+,25+,26+,27+,28+,29+,30+,31+,32+,33+,34-,35+,36-,37-,38-,39+,40+,41+,42+,43+,44-,45-,46-,47-,48+,49+,50+,51+,52-,53+,54+,55+,56+,57-,58-,59-,60-,61-,62-/m0/s1. The Morgan fingerprint density at radius 3 is 1.12 bits per heavy atom. The molecule has 0 aromatic heterocycles. The number of hydrogen-bond donors (Lipinski definition) is 28. The van der Waals surface area contributed by atoms with Gasteiger partial charge < -0.3 is 220 Å². The molecule has 8 saturated heterocycles. The molecule has 0 radical (unpaired) electrons. The number of carbonyl (C=O) groups excluding carboxylic acids is 4. The molecule has 0 spiro atoms. The van der Waals surface area contributed by atoms with E-state index in [2.05, 4.69) is 21.3 Å². The van der Waals surface area contributed by atoms with Crippen molar-refractivity contribution in [1.82, 2.24) is 21.3 Å². The second kappa shape index (κ2) is 40.4. The number of amides is 4. The fraction of sp³-hybridized carbons (Fsp3) is 0.935. The lowest BCUT2D eigenvalue weighted by molar-refractivity contribution is -0.390. The maximum Gasteiger partial charge on any atom is 0.217 e. The predicted molar refractivity (Wildman–Crippen MR) is 343 cm³/mol. The summed E-state index contributed by atoms with van der Waals surface area (Å²) in [6, 6.07) is -7.43. The van der Waals surface area contributed by atoms with Crippen LogP contribution in [-0.2, 0) is 95.0 Å². The van der Waals surface area contributed by atoms with Gasteiger partial charge in [0.05, 0.1) is 71.1 Å². The summed E-state index contributed by atoms with van der Waals surface area (Å²) in [6.45, 7) is -2.41. The zero-order valence-corrected chi connectivity index (χ0v) is 60.0. The van der Waals surface area contributed by atoms with E-state index in [1.54, 1.807) is 0 Å². The van der Waals surface area contributed by atoms with E-state index in [4.69, 9.17) is 75.8 Å². The molecule has 0 unspecified atom stereocenters. The number of ether oxygens (including phenoxy) is 16. The molecule has 8 aliphatic heterocycles. The van der Waals surface area contributed by atoms with Gasteiger partial charge in [0.15, 0.2) is 50.3 Å². The lowest BCUT2D eigenvalue weighted by Crippen LogP contribution is -2.70. The van der Waals surface area contributed by atoms with Gasteiger partial charge >= 0.3 is 0 Å². The molecule has 28 N–H and O–H groups in total. The van der Waals surface area contributed by atoms with Crippen LogP contribution < -0.4 is 21.3 Å². The van der Waals surface area contributed by atoms with Crippen LogP contribution in [0.4, 0.5) is 0 Å². The van der Waals surface area contributed by atoms with E-state index in [1.807, 2.05) is 0 Å². The normalized spacial score (nSPS) is 46.6. The molecule has 0 saturated carbocycles. The average Bonchev–Trinajstić information content (AvgIpc) is 0.769. The molecule has 0 aliphatic carbocycles. The molecule has 0 aromatic rings. The molecular formula is C62H106N4O44. The summed E-state index contributed by atoms with van der Waals surface area (Å²) < 4.78 is 94.3. The van der Waals surface area contributed by atoms with E-state index in [-0.39, 0.29) is 0 Å². The quantitative estimate of drug-likeness (QED) is 0.0306.